The van der Waals surface area contributed by atoms with Gasteiger partial charge in [0.05, 0.1) is 0 Å². The molecule has 1 heterocycles. The van der Waals surface area contributed by atoms with Crippen molar-refractivity contribution >= 4 is 27.0 Å². The van der Waals surface area contributed by atoms with Crippen molar-refractivity contribution in [2.24, 2.45) is 0 Å². The first-order valence-electron chi connectivity index (χ1n) is 2.82. The van der Waals surface area contributed by atoms with Gasteiger partial charge in [-0.05, 0) is 18.2 Å². The molecule has 0 saturated heterocycles. The van der Waals surface area contributed by atoms with Crippen molar-refractivity contribution in [3.05, 3.63) is 22.7 Å². The first-order valence-corrected chi connectivity index (χ1v) is 3.61. The number of benzene rings is 1. The fourth-order valence-corrected chi connectivity index (χ4v) is 1.16. The third-order valence-corrected chi connectivity index (χ3v) is 1.77. The van der Waals surface area contributed by atoms with Crippen LogP contribution in [0, 0.1) is 0 Å². The van der Waals surface area contributed by atoms with Gasteiger partial charge in [-0.3, -0.25) is 0 Å². The number of nitrogens with one attached hydrogen (secondary N) is 1. The number of aromatic nitrogens is 3. The summed E-state index contributed by atoms with van der Waals surface area (Å²) in [5, 5.41) is 10.4. The standard InChI is InChI=1S/C6H4BrN3.Ag/c7-4-1-2-5-6(3-4)9-10-8-5;/h1-3H,(H,8,9,10);/q;+1. The molecule has 5 heteroatoms. The van der Waals surface area contributed by atoms with Crippen LogP contribution in [0.3, 0.4) is 0 Å². The van der Waals surface area contributed by atoms with Crippen LogP contribution in [0.5, 0.6) is 0 Å². The molecule has 0 spiro atoms. The Kier molecular flexibility index (Phi) is 2.84. The van der Waals surface area contributed by atoms with Crippen molar-refractivity contribution in [1.29, 1.82) is 0 Å². The summed E-state index contributed by atoms with van der Waals surface area (Å²) in [4.78, 5) is 0. The maximum absolute atomic E-state index is 3.91. The van der Waals surface area contributed by atoms with Gasteiger partial charge in [-0.2, -0.15) is 15.4 Å². The minimum Gasteiger partial charge on any atom is -0.197 e. The van der Waals surface area contributed by atoms with Crippen LogP contribution in [0.25, 0.3) is 11.0 Å². The van der Waals surface area contributed by atoms with E-state index in [0.717, 1.165) is 15.5 Å². The van der Waals surface area contributed by atoms with Crippen LogP contribution in [0.1, 0.15) is 0 Å². The molecule has 0 saturated carbocycles. The zero-order valence-corrected chi connectivity index (χ0v) is 8.37. The quantitative estimate of drug-likeness (QED) is 0.753. The molecule has 0 aliphatic rings. The largest absolute Gasteiger partial charge is 1.00 e. The molecule has 0 bridgehead atoms. The van der Waals surface area contributed by atoms with E-state index in [1.807, 2.05) is 18.2 Å². The van der Waals surface area contributed by atoms with E-state index in [2.05, 4.69) is 31.3 Å². The molecule has 0 aliphatic heterocycles. The van der Waals surface area contributed by atoms with Gasteiger partial charge in [-0.25, -0.2) is 0 Å². The van der Waals surface area contributed by atoms with Crippen LogP contribution in [0.2, 0.25) is 0 Å². The van der Waals surface area contributed by atoms with Crippen molar-refractivity contribution < 1.29 is 22.4 Å². The maximum atomic E-state index is 3.91. The van der Waals surface area contributed by atoms with Gasteiger partial charge in [0.1, 0.15) is 11.0 Å². The average molecular weight is 306 g/mol. The van der Waals surface area contributed by atoms with E-state index < -0.39 is 0 Å². The zero-order chi connectivity index (χ0) is 6.97. The summed E-state index contributed by atoms with van der Waals surface area (Å²) in [7, 11) is 0. The number of H-pyrrole nitrogens is 1. The summed E-state index contributed by atoms with van der Waals surface area (Å²) in [6.07, 6.45) is 0. The van der Waals surface area contributed by atoms with Gasteiger partial charge in [-0.1, -0.05) is 15.9 Å². The Balaban J connectivity index is 0.000000605. The van der Waals surface area contributed by atoms with Crippen molar-refractivity contribution in [1.82, 2.24) is 15.4 Å². The van der Waals surface area contributed by atoms with E-state index in [1.54, 1.807) is 0 Å². The Hall–Kier alpha value is -0.160. The number of hydrogen-bond donors (Lipinski definition) is 1. The molecular weight excluding hydrogens is 302 g/mol. The van der Waals surface area contributed by atoms with Gasteiger partial charge < -0.3 is 0 Å². The second-order valence-electron chi connectivity index (χ2n) is 1.96. The molecule has 1 aromatic heterocycles. The van der Waals surface area contributed by atoms with E-state index in [4.69, 9.17) is 0 Å². The molecule has 0 unspecified atom stereocenters. The smallest absolute Gasteiger partial charge is 0.197 e. The third-order valence-electron chi connectivity index (χ3n) is 1.28. The summed E-state index contributed by atoms with van der Waals surface area (Å²) >= 11 is 3.34. The predicted octanol–water partition coefficient (Wildman–Crippen LogP) is 1.72. The molecule has 0 radical (unpaired) electrons. The van der Waals surface area contributed by atoms with Gasteiger partial charge in [0.25, 0.3) is 0 Å². The molecule has 11 heavy (non-hydrogen) atoms. The number of fused-ring (bicyclic) bond motifs is 1. The second kappa shape index (κ2) is 3.49. The Morgan fingerprint density at radius 1 is 1.18 bits per heavy atom. The summed E-state index contributed by atoms with van der Waals surface area (Å²) in [6.45, 7) is 0. The van der Waals surface area contributed by atoms with E-state index >= 15 is 0 Å². The van der Waals surface area contributed by atoms with Gasteiger partial charge >= 0.3 is 22.4 Å². The first-order chi connectivity index (χ1) is 4.86. The number of rotatable bonds is 0. The fourth-order valence-electron chi connectivity index (χ4n) is 0.813. The van der Waals surface area contributed by atoms with E-state index in [-0.39, 0.29) is 22.4 Å². The van der Waals surface area contributed by atoms with Gasteiger partial charge in [0.2, 0.25) is 0 Å². The summed E-state index contributed by atoms with van der Waals surface area (Å²) in [6, 6.07) is 5.76. The molecule has 2 rings (SSSR count). The van der Waals surface area contributed by atoms with Crippen LogP contribution < -0.4 is 0 Å². The van der Waals surface area contributed by atoms with Crippen LogP contribution >= 0.6 is 15.9 Å². The number of nitrogens with zero attached hydrogens (tertiary/aromatic N) is 2. The SMILES string of the molecule is Brc1ccc2n[nH]nc2c1.[Ag+]. The summed E-state index contributed by atoms with van der Waals surface area (Å²) < 4.78 is 1.02. The van der Waals surface area contributed by atoms with Crippen molar-refractivity contribution in [2.75, 3.05) is 0 Å². The number of hydrogen-bond acceptors (Lipinski definition) is 2. The summed E-state index contributed by atoms with van der Waals surface area (Å²) in [5.74, 6) is 0. The third kappa shape index (κ3) is 1.70. The van der Waals surface area contributed by atoms with Gasteiger partial charge in [0.15, 0.2) is 0 Å². The average Bonchev–Trinajstić information content (AvgIpc) is 2.33. The van der Waals surface area contributed by atoms with E-state index in [1.165, 1.54) is 0 Å². The van der Waals surface area contributed by atoms with Crippen LogP contribution in [0.4, 0.5) is 0 Å². The fraction of sp³-hybridized carbons (Fsp3) is 0. The molecule has 2 aromatic rings. The number of aromatic amines is 1. The van der Waals surface area contributed by atoms with Gasteiger partial charge in [0, 0.05) is 4.47 Å². The Morgan fingerprint density at radius 2 is 1.91 bits per heavy atom. The molecule has 0 amide bonds. The van der Waals surface area contributed by atoms with E-state index in [0.29, 0.717) is 0 Å². The molecule has 1 aromatic carbocycles. The molecule has 0 atom stereocenters. The van der Waals surface area contributed by atoms with Crippen LogP contribution in [-0.4, -0.2) is 15.4 Å². The normalized spacial score (nSPS) is 9.55. The Labute approximate surface area is 87.2 Å². The second-order valence-corrected chi connectivity index (χ2v) is 2.87. The van der Waals surface area contributed by atoms with Gasteiger partial charge in [-0.15, -0.1) is 0 Å². The maximum Gasteiger partial charge on any atom is 1.00 e. The zero-order valence-electron chi connectivity index (χ0n) is 5.31. The molecule has 1 N–H and O–H groups in total. The summed E-state index contributed by atoms with van der Waals surface area (Å²) in [5.41, 5.74) is 1.78. The Bertz CT molecular complexity index is 359. The topological polar surface area (TPSA) is 41.6 Å². The van der Waals surface area contributed by atoms with Crippen LogP contribution in [0.15, 0.2) is 22.7 Å². The molecule has 3 nitrogen and oxygen atoms in total. The van der Waals surface area contributed by atoms with Crippen molar-refractivity contribution in [3.8, 4) is 0 Å². The first kappa shape index (κ1) is 8.93. The van der Waals surface area contributed by atoms with Crippen LogP contribution in [-0.2, 0) is 22.4 Å². The predicted molar refractivity (Wildman–Crippen MR) is 41.6 cm³/mol. The molecular formula is C6H4AgBrN3+. The Morgan fingerprint density at radius 3 is 2.73 bits per heavy atom. The minimum atomic E-state index is 0. The molecule has 0 aliphatic carbocycles. The molecule has 60 valence electrons. The van der Waals surface area contributed by atoms with Crippen molar-refractivity contribution in [3.63, 3.8) is 0 Å². The van der Waals surface area contributed by atoms with Crippen molar-refractivity contribution in [2.45, 2.75) is 0 Å². The number of halogens is 1. The monoisotopic (exact) mass is 304 g/mol. The molecule has 0 fully saturated rings. The minimum absolute atomic E-state index is 0. The van der Waals surface area contributed by atoms with E-state index in [9.17, 15) is 0 Å².